The van der Waals surface area contributed by atoms with Crippen LogP contribution in [0.15, 0.2) is 72.8 Å². The first-order chi connectivity index (χ1) is 13.4. The monoisotopic (exact) mass is 572 g/mol. The quantitative estimate of drug-likeness (QED) is 0.398. The van der Waals surface area contributed by atoms with Gasteiger partial charge < -0.3 is 0 Å². The molecule has 3 rings (SSSR count). The predicted octanol–water partition coefficient (Wildman–Crippen LogP) is 2.36. The van der Waals surface area contributed by atoms with Gasteiger partial charge in [-0.3, -0.25) is 0 Å². The third kappa shape index (κ3) is 4.88. The van der Waals surface area contributed by atoms with Crippen LogP contribution in [0, 0.1) is 0 Å². The second-order valence-electron chi connectivity index (χ2n) is 7.15. The Bertz CT molecular complexity index is 812. The maximum atomic E-state index is 10.1. The van der Waals surface area contributed by atoms with Crippen molar-refractivity contribution in [3.05, 3.63) is 89.5 Å². The normalized spacial score (nSPS) is 14.7. The second kappa shape index (κ2) is 9.28. The average Bonchev–Trinajstić information content (AvgIpc) is 2.69. The van der Waals surface area contributed by atoms with Crippen molar-refractivity contribution in [3.63, 3.8) is 0 Å². The van der Waals surface area contributed by atoms with E-state index in [9.17, 15) is 15.3 Å². The molecule has 0 saturated heterocycles. The first-order valence-electron chi connectivity index (χ1n) is 9.51. The standard InChI is InChI=1S/3C8H9O.Bi/c3*1-7(9)8-5-3-2-4-6-8;/h3*2-3,5-7,9H,1H3;. The van der Waals surface area contributed by atoms with E-state index in [1.165, 1.54) is 9.81 Å². The summed E-state index contributed by atoms with van der Waals surface area (Å²) in [5, 5.41) is 30.2. The number of hydrogen-bond donors (Lipinski definition) is 3. The molecule has 3 unspecified atom stereocenters. The Balaban J connectivity index is 2.18. The van der Waals surface area contributed by atoms with E-state index in [1.807, 2.05) is 36.4 Å². The van der Waals surface area contributed by atoms with Crippen LogP contribution < -0.4 is 9.81 Å². The van der Waals surface area contributed by atoms with Crippen LogP contribution in [0.5, 0.6) is 0 Å². The van der Waals surface area contributed by atoms with Crippen LogP contribution in [0.25, 0.3) is 0 Å². The van der Waals surface area contributed by atoms with Crippen LogP contribution in [0.4, 0.5) is 0 Å². The molecule has 3 atom stereocenters. The maximum absolute atomic E-state index is 10.1. The van der Waals surface area contributed by atoms with E-state index < -0.39 is 40.1 Å². The summed E-state index contributed by atoms with van der Waals surface area (Å²) < 4.78 is 3.79. The summed E-state index contributed by atoms with van der Waals surface area (Å²) in [5.74, 6) is 0. The van der Waals surface area contributed by atoms with E-state index in [0.717, 1.165) is 16.7 Å². The molecule has 3 aromatic carbocycles. The summed E-state index contributed by atoms with van der Waals surface area (Å²) in [6, 6.07) is 24.7. The molecule has 28 heavy (non-hydrogen) atoms. The summed E-state index contributed by atoms with van der Waals surface area (Å²) in [7, 11) is 0. The van der Waals surface area contributed by atoms with E-state index in [0.29, 0.717) is 0 Å². The molecule has 3 nitrogen and oxygen atoms in total. The molecule has 4 heteroatoms. The number of aliphatic hydroxyl groups excluding tert-OH is 3. The molecule has 146 valence electrons. The number of rotatable bonds is 6. The van der Waals surface area contributed by atoms with Gasteiger partial charge in [0.25, 0.3) is 0 Å². The molecule has 0 heterocycles. The molecule has 0 radical (unpaired) electrons. The van der Waals surface area contributed by atoms with Crippen LogP contribution in [0.3, 0.4) is 0 Å². The molecule has 0 amide bonds. The molecular weight excluding hydrogens is 545 g/mol. The van der Waals surface area contributed by atoms with Gasteiger partial charge in [-0.1, -0.05) is 0 Å². The van der Waals surface area contributed by atoms with E-state index in [1.54, 1.807) is 20.8 Å². The molecule has 3 aromatic rings. The van der Waals surface area contributed by atoms with Gasteiger partial charge in [0.05, 0.1) is 0 Å². The first-order valence-corrected chi connectivity index (χ1v) is 14.7. The molecule has 3 N–H and O–H groups in total. The summed E-state index contributed by atoms with van der Waals surface area (Å²) in [6.07, 6.45) is -1.55. The molecule has 0 fully saturated rings. The van der Waals surface area contributed by atoms with Gasteiger partial charge in [-0.2, -0.15) is 0 Å². The number of hydrogen-bond acceptors (Lipinski definition) is 3. The minimum absolute atomic E-state index is 0.515. The van der Waals surface area contributed by atoms with Gasteiger partial charge in [0, 0.05) is 0 Å². The molecule has 0 aromatic heterocycles. The van der Waals surface area contributed by atoms with Crippen LogP contribution in [0.1, 0.15) is 55.8 Å². The second-order valence-corrected chi connectivity index (χ2v) is 15.8. The fraction of sp³-hybridized carbons (Fsp3) is 0.250. The van der Waals surface area contributed by atoms with Crippen molar-refractivity contribution in [2.45, 2.75) is 39.1 Å². The van der Waals surface area contributed by atoms with Crippen molar-refractivity contribution < 1.29 is 15.3 Å². The van der Waals surface area contributed by atoms with Crippen molar-refractivity contribution in [1.29, 1.82) is 0 Å². The zero-order chi connectivity index (χ0) is 20.3. The minimum atomic E-state index is -2.68. The van der Waals surface area contributed by atoms with Gasteiger partial charge in [0.15, 0.2) is 0 Å². The van der Waals surface area contributed by atoms with Crippen molar-refractivity contribution in [3.8, 4) is 0 Å². The van der Waals surface area contributed by atoms with Crippen molar-refractivity contribution in [2.75, 3.05) is 0 Å². The Labute approximate surface area is 175 Å². The Hall–Kier alpha value is -1.58. The molecule has 0 bridgehead atoms. The SMILES string of the molecule is CC(O)c1ccc[c]([Bi]([c]2cccc(C(C)O)c2)[c]2cccc(C(C)O)c2)c1. The Morgan fingerprint density at radius 1 is 0.536 bits per heavy atom. The van der Waals surface area contributed by atoms with Crippen molar-refractivity contribution in [1.82, 2.24) is 0 Å². The fourth-order valence-corrected chi connectivity index (χ4v) is 12.7. The number of benzene rings is 3. The first kappa shape index (κ1) is 21.1. The molecular formula is C24H27BiO3. The van der Waals surface area contributed by atoms with Gasteiger partial charge in [0.1, 0.15) is 0 Å². The van der Waals surface area contributed by atoms with E-state index in [-0.39, 0.29) is 0 Å². The van der Waals surface area contributed by atoms with Gasteiger partial charge in [-0.15, -0.1) is 0 Å². The van der Waals surface area contributed by atoms with Gasteiger partial charge in [-0.25, -0.2) is 0 Å². The van der Waals surface area contributed by atoms with Gasteiger partial charge in [-0.05, 0) is 0 Å². The van der Waals surface area contributed by atoms with E-state index in [4.69, 9.17) is 0 Å². The van der Waals surface area contributed by atoms with Gasteiger partial charge >= 0.3 is 175 Å². The van der Waals surface area contributed by atoms with Gasteiger partial charge in [0.2, 0.25) is 0 Å². The summed E-state index contributed by atoms with van der Waals surface area (Å²) in [6.45, 7) is 5.35. The Kier molecular flexibility index (Phi) is 7.01. The molecule has 0 aliphatic heterocycles. The molecule has 0 aliphatic rings. The van der Waals surface area contributed by atoms with Crippen LogP contribution in [0.2, 0.25) is 0 Å². The summed E-state index contributed by atoms with van der Waals surface area (Å²) in [4.78, 5) is 0. The van der Waals surface area contributed by atoms with Crippen LogP contribution >= 0.6 is 0 Å². The van der Waals surface area contributed by atoms with Crippen LogP contribution in [-0.4, -0.2) is 37.1 Å². The van der Waals surface area contributed by atoms with Crippen molar-refractivity contribution >= 4 is 31.6 Å². The molecule has 0 saturated carbocycles. The fourth-order valence-electron chi connectivity index (χ4n) is 3.22. The number of aliphatic hydroxyl groups is 3. The third-order valence-corrected chi connectivity index (χ3v) is 14.1. The van der Waals surface area contributed by atoms with Crippen molar-refractivity contribution in [2.24, 2.45) is 0 Å². The third-order valence-electron chi connectivity index (χ3n) is 4.83. The predicted molar refractivity (Wildman–Crippen MR) is 116 cm³/mol. The van der Waals surface area contributed by atoms with Crippen LogP contribution in [-0.2, 0) is 0 Å². The Morgan fingerprint density at radius 2 is 0.821 bits per heavy atom. The zero-order valence-electron chi connectivity index (χ0n) is 16.4. The topological polar surface area (TPSA) is 60.7 Å². The van der Waals surface area contributed by atoms with E-state index >= 15 is 0 Å². The summed E-state index contributed by atoms with van der Waals surface area (Å²) >= 11 is -2.68. The average molecular weight is 572 g/mol. The zero-order valence-corrected chi connectivity index (χ0v) is 19.9. The molecule has 0 aliphatic carbocycles. The molecule has 0 spiro atoms. The summed E-state index contributed by atoms with van der Waals surface area (Å²) in [5.41, 5.74) is 2.74. The van der Waals surface area contributed by atoms with E-state index in [2.05, 4.69) is 36.4 Å². The Morgan fingerprint density at radius 3 is 1.07 bits per heavy atom.